The predicted molar refractivity (Wildman–Crippen MR) is 50.8 cm³/mol. The summed E-state index contributed by atoms with van der Waals surface area (Å²) in [5, 5.41) is 4.43. The fourth-order valence-corrected chi connectivity index (χ4v) is 1.96. The average Bonchev–Trinajstić information content (AvgIpc) is 2.56. The number of aromatic nitrogens is 2. The van der Waals surface area contributed by atoms with Crippen molar-refractivity contribution in [3.63, 3.8) is 0 Å². The van der Waals surface area contributed by atoms with Crippen LogP contribution in [0.15, 0.2) is 0 Å². The van der Waals surface area contributed by atoms with Gasteiger partial charge < -0.3 is 4.74 Å². The van der Waals surface area contributed by atoms with Gasteiger partial charge in [-0.05, 0) is 6.92 Å². The molecule has 0 unspecified atom stereocenters. The largest absolute Gasteiger partial charge is 0.376 e. The summed E-state index contributed by atoms with van der Waals surface area (Å²) in [5.74, 6) is 0.485. The van der Waals surface area contributed by atoms with Gasteiger partial charge in [0, 0.05) is 24.2 Å². The van der Waals surface area contributed by atoms with Crippen LogP contribution in [0.5, 0.6) is 0 Å². The minimum absolute atomic E-state index is 0.485. The summed E-state index contributed by atoms with van der Waals surface area (Å²) in [7, 11) is 0. The first-order chi connectivity index (χ1) is 6.36. The molecule has 0 radical (unpaired) electrons. The maximum absolute atomic E-state index is 5.80. The minimum atomic E-state index is 0.485. The summed E-state index contributed by atoms with van der Waals surface area (Å²) in [5.41, 5.74) is 3.51. The van der Waals surface area contributed by atoms with Crippen molar-refractivity contribution in [2.75, 3.05) is 6.61 Å². The smallest absolute Gasteiger partial charge is 0.0830 e. The maximum Gasteiger partial charge on any atom is 0.0830 e. The maximum atomic E-state index is 5.80. The van der Waals surface area contributed by atoms with Crippen LogP contribution < -0.4 is 0 Å². The van der Waals surface area contributed by atoms with Crippen LogP contribution in [0.25, 0.3) is 0 Å². The minimum Gasteiger partial charge on any atom is -0.376 e. The lowest BCUT2D eigenvalue weighted by Gasteiger charge is -2.13. The van der Waals surface area contributed by atoms with Crippen molar-refractivity contribution < 1.29 is 4.74 Å². The van der Waals surface area contributed by atoms with Crippen molar-refractivity contribution in [3.05, 3.63) is 17.0 Å². The molecule has 0 amide bonds. The van der Waals surface area contributed by atoms with Gasteiger partial charge >= 0.3 is 0 Å². The monoisotopic (exact) mass is 200 g/mol. The van der Waals surface area contributed by atoms with E-state index in [4.69, 9.17) is 16.3 Å². The fourth-order valence-electron chi connectivity index (χ4n) is 1.75. The lowest BCUT2D eigenvalue weighted by molar-refractivity contribution is 0.108. The van der Waals surface area contributed by atoms with Crippen LogP contribution in [0.2, 0.25) is 0 Å². The van der Waals surface area contributed by atoms with E-state index in [1.807, 2.05) is 4.68 Å². The van der Waals surface area contributed by atoms with Crippen molar-refractivity contribution >= 4 is 11.6 Å². The molecular formula is C9H13ClN2O. The lowest BCUT2D eigenvalue weighted by Crippen LogP contribution is -2.13. The molecule has 1 aliphatic rings. The SMILES string of the molecule is CCn1nc(CCl)c2c1CCOC2. The second-order valence-electron chi connectivity index (χ2n) is 3.12. The zero-order valence-corrected chi connectivity index (χ0v) is 8.47. The summed E-state index contributed by atoms with van der Waals surface area (Å²) in [4.78, 5) is 0. The Morgan fingerprint density at radius 2 is 2.46 bits per heavy atom. The zero-order valence-electron chi connectivity index (χ0n) is 7.72. The molecule has 3 nitrogen and oxygen atoms in total. The number of rotatable bonds is 2. The molecule has 2 heterocycles. The van der Waals surface area contributed by atoms with Gasteiger partial charge in [0.05, 0.1) is 24.8 Å². The van der Waals surface area contributed by atoms with Gasteiger partial charge in [0.2, 0.25) is 0 Å². The second-order valence-corrected chi connectivity index (χ2v) is 3.39. The Kier molecular flexibility index (Phi) is 2.56. The third kappa shape index (κ3) is 1.46. The standard InChI is InChI=1S/C9H13ClN2O/c1-2-12-9-3-4-13-6-7(9)8(5-10)11-12/h2-6H2,1H3. The van der Waals surface area contributed by atoms with Crippen LogP contribution in [0.4, 0.5) is 0 Å². The van der Waals surface area contributed by atoms with E-state index in [0.717, 1.165) is 25.3 Å². The first-order valence-corrected chi connectivity index (χ1v) is 5.11. The van der Waals surface area contributed by atoms with Gasteiger partial charge in [-0.2, -0.15) is 5.10 Å². The van der Waals surface area contributed by atoms with Gasteiger partial charge in [-0.15, -0.1) is 11.6 Å². The van der Waals surface area contributed by atoms with Crippen molar-refractivity contribution in [1.29, 1.82) is 0 Å². The molecule has 0 fully saturated rings. The number of ether oxygens (including phenoxy) is 1. The number of nitrogens with zero attached hydrogens (tertiary/aromatic N) is 2. The number of aryl methyl sites for hydroxylation is 1. The molecule has 0 saturated carbocycles. The molecule has 0 aliphatic carbocycles. The van der Waals surface area contributed by atoms with Crippen molar-refractivity contribution in [2.45, 2.75) is 32.4 Å². The van der Waals surface area contributed by atoms with Gasteiger partial charge in [0.1, 0.15) is 0 Å². The molecular weight excluding hydrogens is 188 g/mol. The third-order valence-corrected chi connectivity index (χ3v) is 2.66. The quantitative estimate of drug-likeness (QED) is 0.680. The Morgan fingerprint density at radius 3 is 3.15 bits per heavy atom. The van der Waals surface area contributed by atoms with Crippen LogP contribution >= 0.6 is 11.6 Å². The number of halogens is 1. The third-order valence-electron chi connectivity index (χ3n) is 2.41. The molecule has 0 N–H and O–H groups in total. The summed E-state index contributed by atoms with van der Waals surface area (Å²) in [6, 6.07) is 0. The van der Waals surface area contributed by atoms with Gasteiger partial charge in [-0.3, -0.25) is 4.68 Å². The highest BCUT2D eigenvalue weighted by atomic mass is 35.5. The number of hydrogen-bond donors (Lipinski definition) is 0. The molecule has 2 rings (SSSR count). The van der Waals surface area contributed by atoms with Crippen molar-refractivity contribution in [3.8, 4) is 0 Å². The van der Waals surface area contributed by atoms with E-state index in [0.29, 0.717) is 12.5 Å². The van der Waals surface area contributed by atoms with Crippen molar-refractivity contribution in [2.24, 2.45) is 0 Å². The van der Waals surface area contributed by atoms with Crippen LogP contribution in [0.3, 0.4) is 0 Å². The van der Waals surface area contributed by atoms with Gasteiger partial charge in [-0.1, -0.05) is 0 Å². The van der Waals surface area contributed by atoms with Crippen LogP contribution in [0.1, 0.15) is 23.9 Å². The first kappa shape index (κ1) is 9.03. The molecule has 13 heavy (non-hydrogen) atoms. The second kappa shape index (κ2) is 3.68. The van der Waals surface area contributed by atoms with Gasteiger partial charge in [-0.25, -0.2) is 0 Å². The molecule has 1 aromatic heterocycles. The average molecular weight is 201 g/mol. The molecule has 0 atom stereocenters. The van der Waals surface area contributed by atoms with E-state index in [9.17, 15) is 0 Å². The van der Waals surface area contributed by atoms with Crippen molar-refractivity contribution in [1.82, 2.24) is 9.78 Å². The summed E-state index contributed by atoms with van der Waals surface area (Å²) in [6.07, 6.45) is 0.965. The summed E-state index contributed by atoms with van der Waals surface area (Å²) >= 11 is 5.80. The van der Waals surface area contributed by atoms with E-state index in [2.05, 4.69) is 12.0 Å². The first-order valence-electron chi connectivity index (χ1n) is 4.58. The summed E-state index contributed by atoms with van der Waals surface area (Å²) in [6.45, 7) is 4.50. The van der Waals surface area contributed by atoms with Gasteiger partial charge in [0.15, 0.2) is 0 Å². The fraction of sp³-hybridized carbons (Fsp3) is 0.667. The Morgan fingerprint density at radius 1 is 1.62 bits per heavy atom. The molecule has 0 aromatic carbocycles. The van der Waals surface area contributed by atoms with Crippen LogP contribution in [-0.2, 0) is 30.2 Å². The van der Waals surface area contributed by atoms with E-state index in [1.54, 1.807) is 0 Å². The Balaban J connectivity index is 2.44. The molecule has 72 valence electrons. The van der Waals surface area contributed by atoms with E-state index in [-0.39, 0.29) is 0 Å². The highest BCUT2D eigenvalue weighted by Gasteiger charge is 2.19. The highest BCUT2D eigenvalue weighted by molar-refractivity contribution is 6.17. The number of fused-ring (bicyclic) bond motifs is 1. The van der Waals surface area contributed by atoms with Crippen LogP contribution in [-0.4, -0.2) is 16.4 Å². The Hall–Kier alpha value is -0.540. The molecule has 4 heteroatoms. The van der Waals surface area contributed by atoms with Gasteiger partial charge in [0.25, 0.3) is 0 Å². The highest BCUT2D eigenvalue weighted by Crippen LogP contribution is 2.21. The Bertz CT molecular complexity index is 280. The lowest BCUT2D eigenvalue weighted by atomic mass is 10.1. The topological polar surface area (TPSA) is 27.1 Å². The van der Waals surface area contributed by atoms with E-state index >= 15 is 0 Å². The zero-order chi connectivity index (χ0) is 9.26. The normalized spacial score (nSPS) is 15.8. The molecule has 1 aromatic rings. The molecule has 0 spiro atoms. The predicted octanol–water partition coefficient (Wildman–Crippen LogP) is 1.71. The summed E-state index contributed by atoms with van der Waals surface area (Å²) < 4.78 is 7.42. The van der Waals surface area contributed by atoms with E-state index in [1.165, 1.54) is 11.3 Å². The molecule has 1 aliphatic heterocycles. The van der Waals surface area contributed by atoms with Crippen LogP contribution in [0, 0.1) is 0 Å². The van der Waals surface area contributed by atoms with E-state index < -0.39 is 0 Å². The molecule has 0 bridgehead atoms. The number of hydrogen-bond acceptors (Lipinski definition) is 2. The molecule has 0 saturated heterocycles. The Labute approximate surface area is 82.6 Å². The number of alkyl halides is 1.